The summed E-state index contributed by atoms with van der Waals surface area (Å²) >= 11 is 0. The Morgan fingerprint density at radius 1 is 1.40 bits per heavy atom. The van der Waals surface area contributed by atoms with Crippen LogP contribution in [0.15, 0.2) is 18.2 Å². The molecular weight excluding hydrogens is 186 g/mol. The summed E-state index contributed by atoms with van der Waals surface area (Å²) in [5, 5.41) is 13.3. The fourth-order valence-electron chi connectivity index (χ4n) is 2.19. The number of hydrogen-bond donors (Lipinski definition) is 2. The number of nitrogens with one attached hydrogen (secondary N) is 1. The lowest BCUT2D eigenvalue weighted by Gasteiger charge is -2.13. The summed E-state index contributed by atoms with van der Waals surface area (Å²) in [5.41, 5.74) is 2.31. The molecule has 0 saturated carbocycles. The van der Waals surface area contributed by atoms with E-state index in [4.69, 9.17) is 0 Å². The third kappa shape index (κ3) is 2.15. The van der Waals surface area contributed by atoms with Gasteiger partial charge >= 0.3 is 0 Å². The maximum Gasteiger partial charge on any atom is 0.119 e. The first-order chi connectivity index (χ1) is 7.18. The van der Waals surface area contributed by atoms with Crippen molar-refractivity contribution in [2.75, 3.05) is 13.1 Å². The van der Waals surface area contributed by atoms with Crippen molar-refractivity contribution in [3.8, 4) is 5.75 Å². The van der Waals surface area contributed by atoms with E-state index in [2.05, 4.69) is 31.3 Å². The van der Waals surface area contributed by atoms with Crippen molar-refractivity contribution in [1.82, 2.24) is 5.32 Å². The highest BCUT2D eigenvalue weighted by Crippen LogP contribution is 2.32. The maximum atomic E-state index is 9.97. The summed E-state index contributed by atoms with van der Waals surface area (Å²) in [5.74, 6) is 1.44. The van der Waals surface area contributed by atoms with Gasteiger partial charge in [-0.3, -0.25) is 0 Å². The molecule has 15 heavy (non-hydrogen) atoms. The zero-order chi connectivity index (χ0) is 10.8. The topological polar surface area (TPSA) is 32.3 Å². The third-order valence-electron chi connectivity index (χ3n) is 3.22. The van der Waals surface area contributed by atoms with Crippen LogP contribution in [0.4, 0.5) is 0 Å². The fourth-order valence-corrected chi connectivity index (χ4v) is 2.19. The number of phenolic OH excluding ortho intramolecular Hbond substituents is 1. The molecule has 0 aliphatic carbocycles. The van der Waals surface area contributed by atoms with Crippen LogP contribution in [0.1, 0.15) is 43.2 Å². The standard InChI is InChI=1S/C13H19NO/c1-9(2)10-3-4-12(13(15)7-10)11-5-6-14-8-11/h3-4,7,9,11,14-15H,5-6,8H2,1-2H3. The first-order valence-electron chi connectivity index (χ1n) is 5.72. The summed E-state index contributed by atoms with van der Waals surface area (Å²) in [7, 11) is 0. The summed E-state index contributed by atoms with van der Waals surface area (Å²) in [4.78, 5) is 0. The molecule has 0 bridgehead atoms. The maximum absolute atomic E-state index is 9.97. The first-order valence-corrected chi connectivity index (χ1v) is 5.72. The third-order valence-corrected chi connectivity index (χ3v) is 3.22. The van der Waals surface area contributed by atoms with Gasteiger partial charge in [0.2, 0.25) is 0 Å². The van der Waals surface area contributed by atoms with Gasteiger partial charge in [0.15, 0.2) is 0 Å². The molecule has 1 heterocycles. The number of aromatic hydroxyl groups is 1. The number of hydrogen-bond acceptors (Lipinski definition) is 2. The van der Waals surface area contributed by atoms with E-state index in [1.54, 1.807) is 0 Å². The van der Waals surface area contributed by atoms with E-state index in [0.717, 1.165) is 25.1 Å². The summed E-state index contributed by atoms with van der Waals surface area (Å²) in [6.45, 7) is 6.35. The predicted octanol–water partition coefficient (Wildman–Crippen LogP) is 2.59. The largest absolute Gasteiger partial charge is 0.508 e. The van der Waals surface area contributed by atoms with Crippen molar-refractivity contribution in [2.24, 2.45) is 0 Å². The Labute approximate surface area is 91.3 Å². The Balaban J connectivity index is 2.25. The molecule has 82 valence electrons. The molecular formula is C13H19NO. The average molecular weight is 205 g/mol. The highest BCUT2D eigenvalue weighted by molar-refractivity contribution is 5.40. The fraction of sp³-hybridized carbons (Fsp3) is 0.538. The van der Waals surface area contributed by atoms with Gasteiger partial charge in [0, 0.05) is 12.5 Å². The van der Waals surface area contributed by atoms with Crippen LogP contribution in [-0.2, 0) is 0 Å². The van der Waals surface area contributed by atoms with E-state index in [1.807, 2.05) is 6.07 Å². The quantitative estimate of drug-likeness (QED) is 0.777. The molecule has 1 aliphatic rings. The molecule has 1 aromatic rings. The predicted molar refractivity (Wildman–Crippen MR) is 62.4 cm³/mol. The lowest BCUT2D eigenvalue weighted by molar-refractivity contribution is 0.461. The lowest BCUT2D eigenvalue weighted by Crippen LogP contribution is -2.08. The highest BCUT2D eigenvalue weighted by atomic mass is 16.3. The molecule has 1 fully saturated rings. The first kappa shape index (κ1) is 10.5. The molecule has 1 aromatic carbocycles. The smallest absolute Gasteiger partial charge is 0.119 e. The summed E-state index contributed by atoms with van der Waals surface area (Å²) < 4.78 is 0. The zero-order valence-electron chi connectivity index (χ0n) is 9.46. The van der Waals surface area contributed by atoms with E-state index in [0.29, 0.717) is 17.6 Å². The van der Waals surface area contributed by atoms with Crippen LogP contribution in [-0.4, -0.2) is 18.2 Å². The number of benzene rings is 1. The van der Waals surface area contributed by atoms with Gasteiger partial charge in [0.05, 0.1) is 0 Å². The molecule has 2 N–H and O–H groups in total. The van der Waals surface area contributed by atoms with Gasteiger partial charge in [0.1, 0.15) is 5.75 Å². The Hall–Kier alpha value is -1.02. The Morgan fingerprint density at radius 3 is 2.73 bits per heavy atom. The second-order valence-electron chi connectivity index (χ2n) is 4.66. The minimum absolute atomic E-state index is 0.468. The molecule has 2 nitrogen and oxygen atoms in total. The Kier molecular flexibility index (Phi) is 2.96. The van der Waals surface area contributed by atoms with Gasteiger partial charge < -0.3 is 10.4 Å². The van der Waals surface area contributed by atoms with Crippen molar-refractivity contribution in [2.45, 2.75) is 32.1 Å². The van der Waals surface area contributed by atoms with Crippen molar-refractivity contribution in [3.63, 3.8) is 0 Å². The molecule has 2 rings (SSSR count). The Bertz CT molecular complexity index is 340. The van der Waals surface area contributed by atoms with Crippen LogP contribution < -0.4 is 5.32 Å². The molecule has 0 aromatic heterocycles. The van der Waals surface area contributed by atoms with Crippen LogP contribution in [0.25, 0.3) is 0 Å². The van der Waals surface area contributed by atoms with Crippen LogP contribution in [0.2, 0.25) is 0 Å². The molecule has 1 unspecified atom stereocenters. The van der Waals surface area contributed by atoms with Crippen molar-refractivity contribution in [3.05, 3.63) is 29.3 Å². The minimum atomic E-state index is 0.468. The lowest BCUT2D eigenvalue weighted by atomic mass is 9.93. The monoisotopic (exact) mass is 205 g/mol. The van der Waals surface area contributed by atoms with E-state index in [-0.39, 0.29) is 0 Å². The molecule has 0 amide bonds. The van der Waals surface area contributed by atoms with Crippen molar-refractivity contribution in [1.29, 1.82) is 0 Å². The average Bonchev–Trinajstić information content (AvgIpc) is 2.70. The van der Waals surface area contributed by atoms with Crippen LogP contribution in [0, 0.1) is 0 Å². The molecule has 1 atom stereocenters. The van der Waals surface area contributed by atoms with E-state index in [1.165, 1.54) is 5.56 Å². The molecule has 1 saturated heterocycles. The second kappa shape index (κ2) is 4.23. The highest BCUT2D eigenvalue weighted by Gasteiger charge is 2.19. The molecule has 0 radical (unpaired) electrons. The zero-order valence-corrected chi connectivity index (χ0v) is 9.46. The van der Waals surface area contributed by atoms with Crippen LogP contribution in [0.3, 0.4) is 0 Å². The van der Waals surface area contributed by atoms with Crippen molar-refractivity contribution < 1.29 is 5.11 Å². The molecule has 0 spiro atoms. The van der Waals surface area contributed by atoms with Crippen molar-refractivity contribution >= 4 is 0 Å². The van der Waals surface area contributed by atoms with Gasteiger partial charge in [0.25, 0.3) is 0 Å². The van der Waals surface area contributed by atoms with Crippen LogP contribution in [0.5, 0.6) is 5.75 Å². The van der Waals surface area contributed by atoms with Crippen LogP contribution >= 0.6 is 0 Å². The second-order valence-corrected chi connectivity index (χ2v) is 4.66. The number of phenols is 1. The SMILES string of the molecule is CC(C)c1ccc(C2CCNC2)c(O)c1. The van der Waals surface area contributed by atoms with E-state index >= 15 is 0 Å². The van der Waals surface area contributed by atoms with Gasteiger partial charge in [-0.2, -0.15) is 0 Å². The normalized spacial score (nSPS) is 21.1. The number of rotatable bonds is 2. The summed E-state index contributed by atoms with van der Waals surface area (Å²) in [6, 6.07) is 6.14. The minimum Gasteiger partial charge on any atom is -0.508 e. The van der Waals surface area contributed by atoms with Gasteiger partial charge in [-0.05, 0) is 36.1 Å². The van der Waals surface area contributed by atoms with E-state index in [9.17, 15) is 5.11 Å². The van der Waals surface area contributed by atoms with Gasteiger partial charge in [-0.1, -0.05) is 26.0 Å². The Morgan fingerprint density at radius 2 is 2.20 bits per heavy atom. The van der Waals surface area contributed by atoms with E-state index < -0.39 is 0 Å². The molecule has 2 heteroatoms. The molecule has 1 aliphatic heterocycles. The van der Waals surface area contributed by atoms with Gasteiger partial charge in [-0.15, -0.1) is 0 Å². The van der Waals surface area contributed by atoms with Gasteiger partial charge in [-0.25, -0.2) is 0 Å². The summed E-state index contributed by atoms with van der Waals surface area (Å²) in [6.07, 6.45) is 1.13.